The highest BCUT2D eigenvalue weighted by Crippen LogP contribution is 2.10. The van der Waals surface area contributed by atoms with Crippen LogP contribution in [0.2, 0.25) is 0 Å². The molecule has 0 aromatic carbocycles. The summed E-state index contributed by atoms with van der Waals surface area (Å²) in [5, 5.41) is 12.0. The van der Waals surface area contributed by atoms with Gasteiger partial charge in [0.25, 0.3) is 0 Å². The van der Waals surface area contributed by atoms with E-state index in [-0.39, 0.29) is 0 Å². The van der Waals surface area contributed by atoms with Gasteiger partial charge in [0.15, 0.2) is 0 Å². The van der Waals surface area contributed by atoms with E-state index in [2.05, 4.69) is 29.1 Å². The highest BCUT2D eigenvalue weighted by atomic mass is 15.1. The van der Waals surface area contributed by atoms with Crippen LogP contribution >= 0.6 is 0 Å². The topological polar surface area (TPSA) is 61.6 Å². The first-order valence-electron chi connectivity index (χ1n) is 7.11. The van der Waals surface area contributed by atoms with E-state index in [9.17, 15) is 0 Å². The number of nitrogens with one attached hydrogen (secondary N) is 1. The molecular formula is C15H24N4. The van der Waals surface area contributed by atoms with Gasteiger partial charge in [0.2, 0.25) is 5.95 Å². The molecule has 0 amide bonds. The second-order valence-corrected chi connectivity index (χ2v) is 5.35. The van der Waals surface area contributed by atoms with E-state index in [4.69, 9.17) is 5.26 Å². The van der Waals surface area contributed by atoms with Crippen LogP contribution in [0, 0.1) is 24.2 Å². The fourth-order valence-electron chi connectivity index (χ4n) is 1.94. The fraction of sp³-hybridized carbons (Fsp3) is 0.667. The van der Waals surface area contributed by atoms with Crippen LogP contribution < -0.4 is 5.32 Å². The van der Waals surface area contributed by atoms with E-state index in [0.29, 0.717) is 11.6 Å². The van der Waals surface area contributed by atoms with Gasteiger partial charge in [-0.2, -0.15) is 5.26 Å². The summed E-state index contributed by atoms with van der Waals surface area (Å²) < 4.78 is 0. The zero-order valence-corrected chi connectivity index (χ0v) is 12.2. The smallest absolute Gasteiger partial charge is 0.224 e. The van der Waals surface area contributed by atoms with Crippen LogP contribution in [-0.4, -0.2) is 16.5 Å². The second-order valence-electron chi connectivity index (χ2n) is 5.35. The maximum atomic E-state index is 8.83. The van der Waals surface area contributed by atoms with Gasteiger partial charge in [0.1, 0.15) is 11.8 Å². The molecule has 0 fully saturated rings. The molecule has 0 aliphatic heterocycles. The molecule has 0 unspecified atom stereocenters. The normalized spacial score (nSPS) is 10.5. The van der Waals surface area contributed by atoms with Gasteiger partial charge in [-0.25, -0.2) is 9.97 Å². The van der Waals surface area contributed by atoms with Crippen LogP contribution in [0.1, 0.15) is 57.3 Å². The third-order valence-corrected chi connectivity index (χ3v) is 2.96. The first kappa shape index (κ1) is 15.4. The molecule has 1 aromatic rings. The molecule has 1 aromatic heterocycles. The van der Waals surface area contributed by atoms with Gasteiger partial charge >= 0.3 is 0 Å². The Morgan fingerprint density at radius 2 is 1.95 bits per heavy atom. The van der Waals surface area contributed by atoms with Crippen LogP contribution in [-0.2, 0) is 0 Å². The molecule has 1 rings (SSSR count). The molecule has 0 radical (unpaired) electrons. The number of aromatic nitrogens is 2. The Morgan fingerprint density at radius 1 is 1.21 bits per heavy atom. The Bertz CT molecular complexity index is 421. The van der Waals surface area contributed by atoms with Crippen molar-refractivity contribution in [2.24, 2.45) is 5.92 Å². The maximum Gasteiger partial charge on any atom is 0.224 e. The van der Waals surface area contributed by atoms with E-state index in [1.807, 2.05) is 13.0 Å². The quantitative estimate of drug-likeness (QED) is 0.724. The summed E-state index contributed by atoms with van der Waals surface area (Å²) in [5.74, 6) is 1.38. The molecule has 0 aliphatic rings. The van der Waals surface area contributed by atoms with Crippen LogP contribution in [0.5, 0.6) is 0 Å². The molecule has 4 nitrogen and oxygen atoms in total. The molecule has 4 heteroatoms. The minimum Gasteiger partial charge on any atom is -0.354 e. The van der Waals surface area contributed by atoms with Crippen molar-refractivity contribution in [1.29, 1.82) is 5.26 Å². The molecule has 0 spiro atoms. The summed E-state index contributed by atoms with van der Waals surface area (Å²) in [4.78, 5) is 8.39. The van der Waals surface area contributed by atoms with E-state index in [0.717, 1.165) is 24.6 Å². The Balaban J connectivity index is 2.19. The highest BCUT2D eigenvalue weighted by molar-refractivity contribution is 5.32. The van der Waals surface area contributed by atoms with Gasteiger partial charge in [-0.3, -0.25) is 0 Å². The first-order valence-corrected chi connectivity index (χ1v) is 7.11. The van der Waals surface area contributed by atoms with Gasteiger partial charge < -0.3 is 5.32 Å². The highest BCUT2D eigenvalue weighted by Gasteiger charge is 2.01. The Morgan fingerprint density at radius 3 is 2.63 bits per heavy atom. The van der Waals surface area contributed by atoms with Gasteiger partial charge in [0, 0.05) is 12.2 Å². The number of anilines is 1. The van der Waals surface area contributed by atoms with E-state index in [1.165, 1.54) is 25.7 Å². The van der Waals surface area contributed by atoms with E-state index >= 15 is 0 Å². The van der Waals surface area contributed by atoms with Gasteiger partial charge in [-0.05, 0) is 25.3 Å². The van der Waals surface area contributed by atoms with Crippen molar-refractivity contribution in [3.63, 3.8) is 0 Å². The van der Waals surface area contributed by atoms with Crippen LogP contribution in [0.15, 0.2) is 6.07 Å². The number of hydrogen-bond acceptors (Lipinski definition) is 4. The van der Waals surface area contributed by atoms with Crippen LogP contribution in [0.25, 0.3) is 0 Å². The Kier molecular flexibility index (Phi) is 6.88. The number of hydrogen-bond donors (Lipinski definition) is 1. The van der Waals surface area contributed by atoms with Gasteiger partial charge in [-0.15, -0.1) is 0 Å². The lowest BCUT2D eigenvalue weighted by molar-refractivity contribution is 0.523. The Hall–Kier alpha value is -1.63. The van der Waals surface area contributed by atoms with Crippen molar-refractivity contribution in [2.75, 3.05) is 11.9 Å². The largest absolute Gasteiger partial charge is 0.354 e. The summed E-state index contributed by atoms with van der Waals surface area (Å²) >= 11 is 0. The standard InChI is InChI=1S/C15H24N4/c1-12(2)8-6-4-5-7-9-17-15-18-13(3)10-14(11-16)19-15/h10,12H,4-9H2,1-3H3,(H,17,18,19). The minimum absolute atomic E-state index is 0.423. The summed E-state index contributed by atoms with van der Waals surface area (Å²) in [5.41, 5.74) is 1.25. The number of rotatable bonds is 8. The maximum absolute atomic E-state index is 8.83. The summed E-state index contributed by atoms with van der Waals surface area (Å²) in [7, 11) is 0. The molecule has 0 saturated carbocycles. The second kappa shape index (κ2) is 8.47. The summed E-state index contributed by atoms with van der Waals surface area (Å²) in [6, 6.07) is 3.74. The number of nitriles is 1. The predicted molar refractivity (Wildman–Crippen MR) is 77.9 cm³/mol. The average Bonchev–Trinajstić information content (AvgIpc) is 2.36. The van der Waals surface area contributed by atoms with E-state index < -0.39 is 0 Å². The number of unbranched alkanes of at least 4 members (excludes halogenated alkanes) is 3. The predicted octanol–water partition coefficient (Wildman–Crippen LogP) is 3.68. The van der Waals surface area contributed by atoms with Crippen LogP contribution in [0.4, 0.5) is 5.95 Å². The monoisotopic (exact) mass is 260 g/mol. The van der Waals surface area contributed by atoms with Crippen LogP contribution in [0.3, 0.4) is 0 Å². The molecule has 19 heavy (non-hydrogen) atoms. The Labute approximate surface area is 116 Å². The first-order chi connectivity index (χ1) is 9.11. The lowest BCUT2D eigenvalue weighted by atomic mass is 10.0. The van der Waals surface area contributed by atoms with Crippen molar-refractivity contribution < 1.29 is 0 Å². The minimum atomic E-state index is 0.423. The fourth-order valence-corrected chi connectivity index (χ4v) is 1.94. The van der Waals surface area contributed by atoms with E-state index in [1.54, 1.807) is 6.07 Å². The third kappa shape index (κ3) is 6.76. The van der Waals surface area contributed by atoms with Crippen molar-refractivity contribution in [2.45, 2.75) is 52.9 Å². The molecule has 0 aliphatic carbocycles. The van der Waals surface area contributed by atoms with Crippen molar-refractivity contribution in [3.8, 4) is 6.07 Å². The molecule has 0 bridgehead atoms. The number of aryl methyl sites for hydroxylation is 1. The molecular weight excluding hydrogens is 236 g/mol. The van der Waals surface area contributed by atoms with Gasteiger partial charge in [0.05, 0.1) is 0 Å². The number of nitrogens with zero attached hydrogens (tertiary/aromatic N) is 3. The van der Waals surface area contributed by atoms with Crippen molar-refractivity contribution in [1.82, 2.24) is 9.97 Å². The summed E-state index contributed by atoms with van der Waals surface area (Å²) in [6.45, 7) is 7.28. The third-order valence-electron chi connectivity index (χ3n) is 2.96. The zero-order chi connectivity index (χ0) is 14.1. The zero-order valence-electron chi connectivity index (χ0n) is 12.2. The van der Waals surface area contributed by atoms with Crippen molar-refractivity contribution in [3.05, 3.63) is 17.5 Å². The van der Waals surface area contributed by atoms with Gasteiger partial charge in [-0.1, -0.05) is 39.5 Å². The molecule has 104 valence electrons. The lowest BCUT2D eigenvalue weighted by Gasteiger charge is -2.06. The average molecular weight is 260 g/mol. The molecule has 0 saturated heterocycles. The molecule has 1 N–H and O–H groups in total. The summed E-state index contributed by atoms with van der Waals surface area (Å²) in [6.07, 6.45) is 6.28. The molecule has 1 heterocycles. The SMILES string of the molecule is Cc1cc(C#N)nc(NCCCCCCC(C)C)n1. The molecule has 0 atom stereocenters. The lowest BCUT2D eigenvalue weighted by Crippen LogP contribution is -2.07. The van der Waals surface area contributed by atoms with Crippen molar-refractivity contribution >= 4 is 5.95 Å².